The van der Waals surface area contributed by atoms with Crippen LogP contribution < -0.4 is 0 Å². The zero-order chi connectivity index (χ0) is 30.2. The Labute approximate surface area is 269 Å². The second kappa shape index (κ2) is 9.95. The van der Waals surface area contributed by atoms with E-state index in [1.54, 1.807) is 0 Å². The van der Waals surface area contributed by atoms with Crippen molar-refractivity contribution in [3.8, 4) is 34.2 Å². The van der Waals surface area contributed by atoms with Crippen molar-refractivity contribution in [1.82, 2.24) is 15.0 Å². The Morgan fingerprint density at radius 2 is 1.04 bits per heavy atom. The summed E-state index contributed by atoms with van der Waals surface area (Å²) in [5.74, 6) is 1.93. The molecule has 7 aromatic carbocycles. The van der Waals surface area contributed by atoms with Crippen LogP contribution in [0.4, 0.5) is 0 Å². The Morgan fingerprint density at radius 3 is 1.91 bits per heavy atom. The molecule has 10 aromatic rings. The third-order valence-corrected chi connectivity index (χ3v) is 11.4. The Balaban J connectivity index is 1.18. The molecular weight excluding hydrogens is 629 g/mol. The molecule has 46 heavy (non-hydrogen) atoms. The van der Waals surface area contributed by atoms with Gasteiger partial charge in [0.25, 0.3) is 0 Å². The van der Waals surface area contributed by atoms with Gasteiger partial charge in [-0.25, -0.2) is 0 Å². The summed E-state index contributed by atoms with van der Waals surface area (Å²) in [6.45, 7) is 0. The Bertz CT molecular complexity index is 2820. The van der Waals surface area contributed by atoms with E-state index in [2.05, 4.69) is 78.9 Å². The van der Waals surface area contributed by atoms with Gasteiger partial charge in [-0.05, 0) is 6.07 Å². The summed E-state index contributed by atoms with van der Waals surface area (Å²) >= 11 is 0.271. The van der Waals surface area contributed by atoms with E-state index in [1.807, 2.05) is 60.7 Å². The van der Waals surface area contributed by atoms with Gasteiger partial charge in [0.15, 0.2) is 0 Å². The third kappa shape index (κ3) is 3.96. The fourth-order valence-electron chi connectivity index (χ4n) is 6.68. The van der Waals surface area contributed by atoms with Gasteiger partial charge >= 0.3 is 219 Å². The minimum absolute atomic E-state index is 0.271. The van der Waals surface area contributed by atoms with Gasteiger partial charge in [0.2, 0.25) is 0 Å². The number of nitrogens with zero attached hydrogens (tertiary/aromatic N) is 3. The first kappa shape index (κ1) is 25.7. The van der Waals surface area contributed by atoms with Gasteiger partial charge in [0.05, 0.1) is 0 Å². The van der Waals surface area contributed by atoms with Gasteiger partial charge in [0.1, 0.15) is 11.2 Å². The first-order chi connectivity index (χ1) is 22.8. The van der Waals surface area contributed by atoms with E-state index in [0.717, 1.165) is 38.6 Å². The van der Waals surface area contributed by atoms with Crippen molar-refractivity contribution in [2.75, 3.05) is 0 Å². The summed E-state index contributed by atoms with van der Waals surface area (Å²) in [5.41, 5.74) is 4.55. The summed E-state index contributed by atoms with van der Waals surface area (Å²) in [5, 5.41) is 9.96. The molecule has 0 bridgehead atoms. The van der Waals surface area contributed by atoms with Crippen LogP contribution in [-0.4, -0.2) is 29.5 Å². The van der Waals surface area contributed by atoms with E-state index >= 15 is 0 Å². The summed E-state index contributed by atoms with van der Waals surface area (Å²) in [6.07, 6.45) is 0. The molecule has 0 amide bonds. The Morgan fingerprint density at radius 1 is 0.413 bits per heavy atom. The quantitative estimate of drug-likeness (QED) is 0.141. The average Bonchev–Trinajstić information content (AvgIpc) is 3.69. The van der Waals surface area contributed by atoms with Crippen LogP contribution in [0.25, 0.3) is 96.9 Å². The van der Waals surface area contributed by atoms with Crippen LogP contribution in [0.1, 0.15) is 0 Å². The summed E-state index contributed by atoms with van der Waals surface area (Å²) < 4.78 is 9.02. The summed E-state index contributed by atoms with van der Waals surface area (Å²) in [7, 11) is 0. The maximum atomic E-state index is 6.09. The molecule has 0 unspecified atom stereocenters. The van der Waals surface area contributed by atoms with Crippen LogP contribution in [0.3, 0.4) is 0 Å². The number of benzene rings is 7. The first-order valence-electron chi connectivity index (χ1n) is 15.3. The van der Waals surface area contributed by atoms with E-state index in [4.69, 9.17) is 19.4 Å². The average molecular weight is 653 g/mol. The fraction of sp³-hybridized carbons (Fsp3) is 0. The molecule has 0 fully saturated rings. The van der Waals surface area contributed by atoms with E-state index in [0.29, 0.717) is 17.5 Å². The summed E-state index contributed by atoms with van der Waals surface area (Å²) in [6, 6.07) is 48.9. The standard InChI is InChI=1S/C41H23N3OSe/c1-2-8-25(9-3-1)39-42-40(44-41(43-39)28-18-21-35-33(23-28)30-10-4-6-12-34(30)45-35)27-17-19-29-26(22-27)15-14-24-16-20-32-31-11-5-7-13-36(31)46-38(32)37(24)29/h1-23H. The van der Waals surface area contributed by atoms with Gasteiger partial charge in [-0.1, -0.05) is 24.3 Å². The zero-order valence-corrected chi connectivity index (χ0v) is 26.2. The van der Waals surface area contributed by atoms with Crippen molar-refractivity contribution in [3.05, 3.63) is 140 Å². The predicted octanol–water partition coefficient (Wildman–Crippen LogP) is 10.4. The van der Waals surface area contributed by atoms with Crippen LogP contribution in [0.5, 0.6) is 0 Å². The molecule has 0 N–H and O–H groups in total. The van der Waals surface area contributed by atoms with Crippen molar-refractivity contribution in [1.29, 1.82) is 0 Å². The zero-order valence-electron chi connectivity index (χ0n) is 24.4. The van der Waals surface area contributed by atoms with Crippen LogP contribution in [0.2, 0.25) is 0 Å². The normalized spacial score (nSPS) is 11.9. The van der Waals surface area contributed by atoms with Crippen molar-refractivity contribution in [2.45, 2.75) is 0 Å². The van der Waals surface area contributed by atoms with Gasteiger partial charge in [-0.3, -0.25) is 0 Å². The molecule has 10 rings (SSSR count). The Kier molecular flexibility index (Phi) is 5.56. The number of hydrogen-bond acceptors (Lipinski definition) is 4. The third-order valence-electron chi connectivity index (χ3n) is 8.90. The number of para-hydroxylation sites is 1. The van der Waals surface area contributed by atoms with Crippen molar-refractivity contribution in [3.63, 3.8) is 0 Å². The van der Waals surface area contributed by atoms with Crippen molar-refractivity contribution >= 4 is 77.3 Å². The molecule has 0 aliphatic rings. The van der Waals surface area contributed by atoms with E-state index in [-0.39, 0.29) is 14.5 Å². The van der Waals surface area contributed by atoms with Gasteiger partial charge in [-0.2, -0.15) is 0 Å². The molecule has 0 aliphatic carbocycles. The molecule has 0 atom stereocenters. The van der Waals surface area contributed by atoms with Crippen LogP contribution in [0, 0.1) is 0 Å². The van der Waals surface area contributed by atoms with Gasteiger partial charge in [0, 0.05) is 5.39 Å². The van der Waals surface area contributed by atoms with Crippen LogP contribution in [0.15, 0.2) is 144 Å². The molecule has 3 aromatic heterocycles. The molecule has 0 saturated heterocycles. The molecule has 3 heterocycles. The fourth-order valence-corrected chi connectivity index (χ4v) is 9.35. The molecular formula is C41H23N3OSe. The van der Waals surface area contributed by atoms with E-state index < -0.39 is 0 Å². The number of fused-ring (bicyclic) bond motifs is 10. The van der Waals surface area contributed by atoms with Crippen LogP contribution in [-0.2, 0) is 0 Å². The van der Waals surface area contributed by atoms with Gasteiger partial charge < -0.3 is 4.42 Å². The van der Waals surface area contributed by atoms with Crippen molar-refractivity contribution in [2.24, 2.45) is 0 Å². The molecule has 0 radical (unpaired) electrons. The monoisotopic (exact) mass is 653 g/mol. The summed E-state index contributed by atoms with van der Waals surface area (Å²) in [4.78, 5) is 15.1. The molecule has 4 nitrogen and oxygen atoms in total. The second-order valence-corrected chi connectivity index (χ2v) is 13.8. The first-order valence-corrected chi connectivity index (χ1v) is 17.0. The number of aromatic nitrogens is 3. The molecule has 5 heteroatoms. The molecule has 214 valence electrons. The number of furan rings is 1. The Hall–Kier alpha value is -5.61. The second-order valence-electron chi connectivity index (χ2n) is 11.6. The van der Waals surface area contributed by atoms with Crippen LogP contribution >= 0.6 is 0 Å². The van der Waals surface area contributed by atoms with Crippen molar-refractivity contribution < 1.29 is 4.42 Å². The van der Waals surface area contributed by atoms with E-state index in [9.17, 15) is 0 Å². The molecule has 0 aliphatic heterocycles. The van der Waals surface area contributed by atoms with Gasteiger partial charge in [-0.15, -0.1) is 0 Å². The number of rotatable bonds is 3. The van der Waals surface area contributed by atoms with E-state index in [1.165, 1.54) is 40.8 Å². The predicted molar refractivity (Wildman–Crippen MR) is 190 cm³/mol. The number of hydrogen-bond donors (Lipinski definition) is 0. The minimum atomic E-state index is 0.271. The molecule has 0 spiro atoms. The topological polar surface area (TPSA) is 51.8 Å². The molecule has 0 saturated carbocycles. The SMILES string of the molecule is c1ccc(-c2nc(-c3ccc4c(ccc5ccc6c7ccccc7[se]c6c54)c3)nc(-c3ccc4oc5ccccc5c4c3)n2)cc1. The maximum absolute atomic E-state index is 6.09.